The zero-order valence-electron chi connectivity index (χ0n) is 8.15. The Morgan fingerprint density at radius 2 is 2.43 bits per heavy atom. The van der Waals surface area contributed by atoms with Crippen LogP contribution in [0.4, 0.5) is 0 Å². The van der Waals surface area contributed by atoms with Crippen molar-refractivity contribution in [2.45, 2.75) is 18.8 Å². The lowest BCUT2D eigenvalue weighted by atomic mass is 9.86. The molecule has 0 aliphatic heterocycles. The molecule has 1 aromatic heterocycles. The van der Waals surface area contributed by atoms with Gasteiger partial charge in [0.05, 0.1) is 7.11 Å². The highest BCUT2D eigenvalue weighted by Gasteiger charge is 2.36. The van der Waals surface area contributed by atoms with E-state index in [1.54, 1.807) is 6.92 Å². The van der Waals surface area contributed by atoms with Crippen LogP contribution in [0, 0.1) is 0 Å². The maximum Gasteiger partial charge on any atom is 0.317 e. The van der Waals surface area contributed by atoms with E-state index < -0.39 is 5.41 Å². The van der Waals surface area contributed by atoms with Crippen LogP contribution in [0.3, 0.4) is 0 Å². The number of methoxy groups -OCH3 is 1. The van der Waals surface area contributed by atoms with Gasteiger partial charge in [0, 0.05) is 11.3 Å². The van der Waals surface area contributed by atoms with Crippen LogP contribution in [-0.2, 0) is 19.7 Å². The van der Waals surface area contributed by atoms with Crippen LogP contribution in [0.5, 0.6) is 0 Å². The van der Waals surface area contributed by atoms with Gasteiger partial charge in [0.25, 0.3) is 0 Å². The van der Waals surface area contributed by atoms with E-state index in [-0.39, 0.29) is 12.4 Å². The van der Waals surface area contributed by atoms with Crippen molar-refractivity contribution in [1.82, 2.24) is 0 Å². The first kappa shape index (κ1) is 10.9. The molecule has 1 aromatic rings. The summed E-state index contributed by atoms with van der Waals surface area (Å²) in [6.07, 6.45) is 0.900. The van der Waals surface area contributed by atoms with E-state index in [4.69, 9.17) is 4.74 Å². The summed E-state index contributed by atoms with van der Waals surface area (Å²) >= 11 is 1.45. The molecular formula is C10H12O3S. The Morgan fingerprint density at radius 1 is 1.71 bits per heavy atom. The van der Waals surface area contributed by atoms with Crippen molar-refractivity contribution in [3.05, 3.63) is 22.4 Å². The van der Waals surface area contributed by atoms with Gasteiger partial charge in [0.15, 0.2) is 0 Å². The van der Waals surface area contributed by atoms with E-state index in [0.717, 1.165) is 11.2 Å². The first-order chi connectivity index (χ1) is 6.65. The molecule has 0 amide bonds. The number of esters is 1. The summed E-state index contributed by atoms with van der Waals surface area (Å²) in [6.45, 7) is 1.72. The van der Waals surface area contributed by atoms with Crippen LogP contribution in [0.1, 0.15) is 18.2 Å². The minimum atomic E-state index is -0.829. The van der Waals surface area contributed by atoms with E-state index in [9.17, 15) is 9.59 Å². The molecule has 14 heavy (non-hydrogen) atoms. The van der Waals surface area contributed by atoms with Gasteiger partial charge in [0.1, 0.15) is 11.7 Å². The second-order valence-corrected chi connectivity index (χ2v) is 4.12. The highest BCUT2D eigenvalue weighted by molar-refractivity contribution is 7.10. The third-order valence-electron chi connectivity index (χ3n) is 2.19. The fourth-order valence-corrected chi connectivity index (χ4v) is 2.16. The van der Waals surface area contributed by atoms with Crippen LogP contribution in [0.25, 0.3) is 0 Å². The number of rotatable bonds is 4. The summed E-state index contributed by atoms with van der Waals surface area (Å²) in [7, 11) is 1.33. The molecule has 0 aliphatic rings. The Kier molecular flexibility index (Phi) is 3.41. The van der Waals surface area contributed by atoms with Crippen molar-refractivity contribution in [1.29, 1.82) is 0 Å². The van der Waals surface area contributed by atoms with Crippen molar-refractivity contribution < 1.29 is 14.3 Å². The molecule has 76 valence electrons. The molecule has 3 nitrogen and oxygen atoms in total. The number of hydrogen-bond acceptors (Lipinski definition) is 4. The van der Waals surface area contributed by atoms with Gasteiger partial charge in [-0.2, -0.15) is 0 Å². The molecule has 0 aromatic carbocycles. The maximum absolute atomic E-state index is 11.5. The predicted octanol–water partition coefficient (Wildman–Crippen LogP) is 1.77. The van der Waals surface area contributed by atoms with Crippen molar-refractivity contribution in [2.24, 2.45) is 0 Å². The summed E-state index contributed by atoms with van der Waals surface area (Å²) in [6, 6.07) is 3.69. The molecule has 0 saturated carbocycles. The fourth-order valence-electron chi connectivity index (χ4n) is 1.27. The van der Waals surface area contributed by atoms with Gasteiger partial charge in [-0.15, -0.1) is 11.3 Å². The first-order valence-electron chi connectivity index (χ1n) is 4.21. The van der Waals surface area contributed by atoms with Crippen molar-refractivity contribution in [3.63, 3.8) is 0 Å². The van der Waals surface area contributed by atoms with Crippen LogP contribution >= 0.6 is 11.3 Å². The molecule has 0 N–H and O–H groups in total. The van der Waals surface area contributed by atoms with Gasteiger partial charge in [0.2, 0.25) is 0 Å². The van der Waals surface area contributed by atoms with Crippen molar-refractivity contribution in [3.8, 4) is 0 Å². The number of hydrogen-bond donors (Lipinski definition) is 0. The average Bonchev–Trinajstić information content (AvgIpc) is 2.70. The molecule has 1 heterocycles. The average molecular weight is 212 g/mol. The Labute approximate surface area is 86.7 Å². The Hall–Kier alpha value is -1.16. The highest BCUT2D eigenvalue weighted by Crippen LogP contribution is 2.31. The van der Waals surface area contributed by atoms with Gasteiger partial charge >= 0.3 is 5.97 Å². The summed E-state index contributed by atoms with van der Waals surface area (Å²) in [5.41, 5.74) is -0.829. The van der Waals surface area contributed by atoms with Gasteiger partial charge in [-0.05, 0) is 18.4 Å². The number of thiophene rings is 1. The summed E-state index contributed by atoms with van der Waals surface area (Å²) in [5.74, 6) is -0.368. The third kappa shape index (κ3) is 1.85. The predicted molar refractivity (Wildman–Crippen MR) is 54.4 cm³/mol. The number of aldehydes is 1. The van der Waals surface area contributed by atoms with Gasteiger partial charge < -0.3 is 9.53 Å². The summed E-state index contributed by atoms with van der Waals surface area (Å²) < 4.78 is 4.70. The molecule has 0 fully saturated rings. The quantitative estimate of drug-likeness (QED) is 0.564. The zero-order chi connectivity index (χ0) is 10.6. The zero-order valence-corrected chi connectivity index (χ0v) is 8.97. The van der Waals surface area contributed by atoms with E-state index in [2.05, 4.69) is 0 Å². The molecule has 4 heteroatoms. The first-order valence-corrected chi connectivity index (χ1v) is 5.09. The van der Waals surface area contributed by atoms with E-state index >= 15 is 0 Å². The van der Waals surface area contributed by atoms with Crippen LogP contribution in [0.15, 0.2) is 17.5 Å². The largest absolute Gasteiger partial charge is 0.468 e. The Morgan fingerprint density at radius 3 is 2.86 bits per heavy atom. The third-order valence-corrected chi connectivity index (χ3v) is 3.33. The lowest BCUT2D eigenvalue weighted by Crippen LogP contribution is -2.33. The fraction of sp³-hybridized carbons (Fsp3) is 0.400. The van der Waals surface area contributed by atoms with Crippen LogP contribution in [-0.4, -0.2) is 19.4 Å². The molecule has 0 radical (unpaired) electrons. The SMILES string of the molecule is COC(=O)C(C)(CC=O)c1cccs1. The normalized spacial score (nSPS) is 14.4. The second-order valence-electron chi connectivity index (χ2n) is 3.17. The maximum atomic E-state index is 11.5. The lowest BCUT2D eigenvalue weighted by molar-refractivity contribution is -0.147. The number of carbonyl (C=O) groups excluding carboxylic acids is 2. The minimum Gasteiger partial charge on any atom is -0.468 e. The van der Waals surface area contributed by atoms with E-state index in [0.29, 0.717) is 0 Å². The van der Waals surface area contributed by atoms with Gasteiger partial charge in [-0.1, -0.05) is 6.07 Å². The molecule has 0 aliphatic carbocycles. The van der Waals surface area contributed by atoms with Gasteiger partial charge in [-0.25, -0.2) is 0 Å². The van der Waals surface area contributed by atoms with Crippen molar-refractivity contribution in [2.75, 3.05) is 7.11 Å². The van der Waals surface area contributed by atoms with E-state index in [1.165, 1.54) is 18.4 Å². The number of carbonyl (C=O) groups is 2. The minimum absolute atomic E-state index is 0.153. The van der Waals surface area contributed by atoms with Gasteiger partial charge in [-0.3, -0.25) is 4.79 Å². The molecular weight excluding hydrogens is 200 g/mol. The van der Waals surface area contributed by atoms with E-state index in [1.807, 2.05) is 17.5 Å². The molecule has 0 saturated heterocycles. The second kappa shape index (κ2) is 4.37. The molecule has 0 spiro atoms. The lowest BCUT2D eigenvalue weighted by Gasteiger charge is -2.22. The Balaban J connectivity index is 3.04. The molecule has 0 bridgehead atoms. The highest BCUT2D eigenvalue weighted by atomic mass is 32.1. The molecule has 1 atom stereocenters. The monoisotopic (exact) mass is 212 g/mol. The standard InChI is InChI=1S/C10H12O3S/c1-10(5-6-11,9(12)13-2)8-4-3-7-14-8/h3-4,6-7H,5H2,1-2H3. The Bertz CT molecular complexity index is 318. The summed E-state index contributed by atoms with van der Waals surface area (Å²) in [5, 5.41) is 1.88. The number of ether oxygens (including phenoxy) is 1. The smallest absolute Gasteiger partial charge is 0.317 e. The van der Waals surface area contributed by atoms with Crippen LogP contribution in [0.2, 0.25) is 0 Å². The molecule has 1 unspecified atom stereocenters. The summed E-state index contributed by atoms with van der Waals surface area (Å²) in [4.78, 5) is 22.9. The topological polar surface area (TPSA) is 43.4 Å². The molecule has 1 rings (SSSR count). The van der Waals surface area contributed by atoms with Crippen LogP contribution < -0.4 is 0 Å². The van der Waals surface area contributed by atoms with Crippen molar-refractivity contribution >= 4 is 23.6 Å².